The molecule has 0 spiro atoms. The monoisotopic (exact) mass is 286 g/mol. The van der Waals surface area contributed by atoms with E-state index in [4.69, 9.17) is 0 Å². The molecule has 3 rings (SSSR count). The molecule has 1 amide bonds. The number of carbonyl (C=O) groups excluding carboxylic acids is 1. The molecule has 0 aliphatic carbocycles. The predicted octanol–water partition coefficient (Wildman–Crippen LogP) is 2.53. The number of piperidine rings is 1. The van der Waals surface area contributed by atoms with Crippen LogP contribution in [0.25, 0.3) is 10.9 Å². The molecule has 2 aromatic rings. The molecule has 1 aromatic heterocycles. The molecule has 0 saturated carbocycles. The van der Waals surface area contributed by atoms with Crippen LogP contribution in [0.4, 0.5) is 5.69 Å². The Hall–Kier alpha value is -1.88. The van der Waals surface area contributed by atoms with Gasteiger partial charge in [0.25, 0.3) is 0 Å². The first-order valence-corrected chi connectivity index (χ1v) is 7.52. The number of nitrogens with one attached hydrogen (secondary N) is 3. The van der Waals surface area contributed by atoms with Crippen LogP contribution in [-0.4, -0.2) is 29.2 Å². The highest BCUT2D eigenvalue weighted by atomic mass is 16.2. The standard InChI is InChI=1S/C16H22N4O/c1-16(2,12-4-3-7-17-10-12)15(21)19-13-5-6-14-11(8-13)9-18-20-14/h5-6,8-9,12,17H,3-4,7,10H2,1-2H3,(H,18,20)(H,19,21). The maximum Gasteiger partial charge on any atom is 0.230 e. The molecule has 112 valence electrons. The number of benzene rings is 1. The van der Waals surface area contributed by atoms with Crippen molar-refractivity contribution >= 4 is 22.5 Å². The van der Waals surface area contributed by atoms with Crippen LogP contribution in [0, 0.1) is 11.3 Å². The van der Waals surface area contributed by atoms with E-state index in [1.165, 1.54) is 0 Å². The van der Waals surface area contributed by atoms with Crippen molar-refractivity contribution in [3.05, 3.63) is 24.4 Å². The van der Waals surface area contributed by atoms with E-state index in [9.17, 15) is 4.79 Å². The first kappa shape index (κ1) is 14.1. The van der Waals surface area contributed by atoms with Gasteiger partial charge < -0.3 is 10.6 Å². The molecule has 1 aliphatic rings. The Morgan fingerprint density at radius 3 is 3.05 bits per heavy atom. The first-order chi connectivity index (χ1) is 10.1. The summed E-state index contributed by atoms with van der Waals surface area (Å²) in [6.45, 7) is 6.05. The van der Waals surface area contributed by atoms with E-state index in [0.717, 1.165) is 42.5 Å². The number of amides is 1. The van der Waals surface area contributed by atoms with Gasteiger partial charge >= 0.3 is 0 Å². The lowest BCUT2D eigenvalue weighted by Gasteiger charge is -2.36. The maximum absolute atomic E-state index is 12.6. The quantitative estimate of drug-likeness (QED) is 0.812. The number of hydrogen-bond donors (Lipinski definition) is 3. The Bertz CT molecular complexity index is 641. The van der Waals surface area contributed by atoms with Crippen molar-refractivity contribution in [2.24, 2.45) is 11.3 Å². The van der Waals surface area contributed by atoms with Crippen LogP contribution in [0.2, 0.25) is 0 Å². The molecule has 0 radical (unpaired) electrons. The molecule has 5 nitrogen and oxygen atoms in total. The van der Waals surface area contributed by atoms with Crippen LogP contribution >= 0.6 is 0 Å². The predicted molar refractivity (Wildman–Crippen MR) is 84.1 cm³/mol. The number of nitrogens with zero attached hydrogens (tertiary/aromatic N) is 1. The smallest absolute Gasteiger partial charge is 0.230 e. The minimum Gasteiger partial charge on any atom is -0.326 e. The summed E-state index contributed by atoms with van der Waals surface area (Å²) in [4.78, 5) is 12.6. The third kappa shape index (κ3) is 2.78. The summed E-state index contributed by atoms with van der Waals surface area (Å²) in [6, 6.07) is 5.80. The second-order valence-electron chi connectivity index (χ2n) is 6.39. The molecule has 21 heavy (non-hydrogen) atoms. The molecule has 1 aliphatic heterocycles. The van der Waals surface area contributed by atoms with Crippen molar-refractivity contribution in [3.8, 4) is 0 Å². The van der Waals surface area contributed by atoms with Gasteiger partial charge in [-0.15, -0.1) is 0 Å². The molecule has 1 atom stereocenters. The summed E-state index contributed by atoms with van der Waals surface area (Å²) in [7, 11) is 0. The van der Waals surface area contributed by atoms with Crippen LogP contribution in [0.1, 0.15) is 26.7 Å². The Kier molecular flexibility index (Phi) is 3.68. The van der Waals surface area contributed by atoms with E-state index >= 15 is 0 Å². The van der Waals surface area contributed by atoms with Crippen LogP contribution in [0.5, 0.6) is 0 Å². The molecular weight excluding hydrogens is 264 g/mol. The van der Waals surface area contributed by atoms with Crippen LogP contribution in [0.3, 0.4) is 0 Å². The van der Waals surface area contributed by atoms with Gasteiger partial charge in [0.1, 0.15) is 0 Å². The van der Waals surface area contributed by atoms with Crippen molar-refractivity contribution in [2.45, 2.75) is 26.7 Å². The summed E-state index contributed by atoms with van der Waals surface area (Å²) in [6.07, 6.45) is 4.01. The second-order valence-corrected chi connectivity index (χ2v) is 6.39. The Balaban J connectivity index is 1.74. The zero-order valence-corrected chi connectivity index (χ0v) is 12.6. The van der Waals surface area contributed by atoms with E-state index in [2.05, 4.69) is 20.8 Å². The zero-order chi connectivity index (χ0) is 14.9. The number of rotatable bonds is 3. The summed E-state index contributed by atoms with van der Waals surface area (Å²) in [5.41, 5.74) is 1.42. The number of H-pyrrole nitrogens is 1. The molecule has 1 unspecified atom stereocenters. The summed E-state index contributed by atoms with van der Waals surface area (Å²) in [5.74, 6) is 0.461. The fourth-order valence-corrected chi connectivity index (χ4v) is 2.97. The average molecular weight is 286 g/mol. The van der Waals surface area contributed by atoms with E-state index in [1.807, 2.05) is 32.0 Å². The number of fused-ring (bicyclic) bond motifs is 1. The van der Waals surface area contributed by atoms with Crippen LogP contribution in [0.15, 0.2) is 24.4 Å². The highest BCUT2D eigenvalue weighted by Crippen LogP contribution is 2.33. The minimum absolute atomic E-state index is 0.0824. The minimum atomic E-state index is -0.376. The Morgan fingerprint density at radius 2 is 2.29 bits per heavy atom. The van der Waals surface area contributed by atoms with E-state index in [1.54, 1.807) is 6.20 Å². The van der Waals surface area contributed by atoms with Gasteiger partial charge in [0.2, 0.25) is 5.91 Å². The fourth-order valence-electron chi connectivity index (χ4n) is 2.97. The number of anilines is 1. The summed E-state index contributed by atoms with van der Waals surface area (Å²) in [5, 5.41) is 14.4. The van der Waals surface area contributed by atoms with Crippen molar-refractivity contribution in [1.29, 1.82) is 0 Å². The topological polar surface area (TPSA) is 69.8 Å². The maximum atomic E-state index is 12.6. The highest BCUT2D eigenvalue weighted by molar-refractivity contribution is 5.96. The van der Waals surface area contributed by atoms with Gasteiger partial charge in [-0.2, -0.15) is 5.10 Å². The number of aromatic amines is 1. The lowest BCUT2D eigenvalue weighted by molar-refractivity contribution is -0.127. The van der Waals surface area contributed by atoms with E-state index < -0.39 is 0 Å². The van der Waals surface area contributed by atoms with Gasteiger partial charge in [-0.05, 0) is 50.0 Å². The second kappa shape index (κ2) is 5.48. The van der Waals surface area contributed by atoms with Gasteiger partial charge in [0, 0.05) is 16.5 Å². The Labute approximate surface area is 124 Å². The third-order valence-corrected chi connectivity index (χ3v) is 4.60. The van der Waals surface area contributed by atoms with Gasteiger partial charge in [-0.25, -0.2) is 0 Å². The fraction of sp³-hybridized carbons (Fsp3) is 0.500. The summed E-state index contributed by atoms with van der Waals surface area (Å²) < 4.78 is 0. The molecule has 3 N–H and O–H groups in total. The van der Waals surface area contributed by atoms with Gasteiger partial charge in [-0.3, -0.25) is 9.89 Å². The average Bonchev–Trinajstić information content (AvgIpc) is 2.95. The SMILES string of the molecule is CC(C)(C(=O)Nc1ccc2[nH]ncc2c1)C1CCCNC1. The lowest BCUT2D eigenvalue weighted by Crippen LogP contribution is -2.44. The highest BCUT2D eigenvalue weighted by Gasteiger charge is 2.37. The molecular formula is C16H22N4O. The molecule has 1 aromatic carbocycles. The summed E-state index contributed by atoms with van der Waals surface area (Å²) >= 11 is 0. The van der Waals surface area contributed by atoms with Crippen molar-refractivity contribution in [1.82, 2.24) is 15.5 Å². The third-order valence-electron chi connectivity index (χ3n) is 4.60. The molecule has 0 bridgehead atoms. The molecule has 1 saturated heterocycles. The van der Waals surface area contributed by atoms with E-state index in [-0.39, 0.29) is 11.3 Å². The largest absolute Gasteiger partial charge is 0.326 e. The van der Waals surface area contributed by atoms with Crippen molar-refractivity contribution in [2.75, 3.05) is 18.4 Å². The van der Waals surface area contributed by atoms with Gasteiger partial charge in [0.05, 0.1) is 11.7 Å². The van der Waals surface area contributed by atoms with Gasteiger partial charge in [-0.1, -0.05) is 13.8 Å². The lowest BCUT2D eigenvalue weighted by atomic mass is 9.74. The number of aromatic nitrogens is 2. The Morgan fingerprint density at radius 1 is 1.43 bits per heavy atom. The van der Waals surface area contributed by atoms with Gasteiger partial charge in [0.15, 0.2) is 0 Å². The first-order valence-electron chi connectivity index (χ1n) is 7.52. The number of hydrogen-bond acceptors (Lipinski definition) is 3. The molecule has 5 heteroatoms. The zero-order valence-electron chi connectivity index (χ0n) is 12.6. The van der Waals surface area contributed by atoms with Crippen LogP contribution in [-0.2, 0) is 4.79 Å². The van der Waals surface area contributed by atoms with Crippen molar-refractivity contribution in [3.63, 3.8) is 0 Å². The van der Waals surface area contributed by atoms with Crippen LogP contribution < -0.4 is 10.6 Å². The van der Waals surface area contributed by atoms with Crippen molar-refractivity contribution < 1.29 is 4.79 Å². The number of carbonyl (C=O) groups is 1. The normalized spacial score (nSPS) is 19.6. The van der Waals surface area contributed by atoms with E-state index in [0.29, 0.717) is 5.92 Å². The molecule has 1 fully saturated rings. The molecule has 2 heterocycles.